The van der Waals surface area contributed by atoms with Crippen LogP contribution in [-0.4, -0.2) is 39.4 Å². The normalized spacial score (nSPS) is 18.7. The predicted octanol–water partition coefficient (Wildman–Crippen LogP) is 1.95. The predicted molar refractivity (Wildman–Crippen MR) is 80.8 cm³/mol. The molecular formula is C16H22N4O. The third-order valence-electron chi connectivity index (χ3n) is 3.85. The second-order valence-corrected chi connectivity index (χ2v) is 5.60. The lowest BCUT2D eigenvalue weighted by molar-refractivity contribution is 0.104. The number of nitrogens with zero attached hydrogens (tertiary/aromatic N) is 4. The number of hydrogen-bond donors (Lipinski definition) is 0. The minimum atomic E-state index is 0.353. The lowest BCUT2D eigenvalue weighted by atomic mass is 9.97. The fourth-order valence-electron chi connectivity index (χ4n) is 2.99. The van der Waals surface area contributed by atoms with Gasteiger partial charge in [0, 0.05) is 63.4 Å². The first-order valence-electron chi connectivity index (χ1n) is 7.47. The molecule has 2 aromatic rings. The highest BCUT2D eigenvalue weighted by Gasteiger charge is 2.28. The van der Waals surface area contributed by atoms with Gasteiger partial charge in [-0.25, -0.2) is 0 Å². The summed E-state index contributed by atoms with van der Waals surface area (Å²) in [7, 11) is 1.99. The SMILES string of the molecule is CCOCC1CN(Cc2cccnc2)Cc2cn(C)nc21. The van der Waals surface area contributed by atoms with E-state index in [0.29, 0.717) is 5.92 Å². The Hall–Kier alpha value is -1.72. The largest absolute Gasteiger partial charge is 0.381 e. The molecule has 0 radical (unpaired) electrons. The molecule has 1 aliphatic rings. The van der Waals surface area contributed by atoms with E-state index in [2.05, 4.69) is 27.2 Å². The van der Waals surface area contributed by atoms with Crippen LogP contribution < -0.4 is 0 Å². The number of hydrogen-bond acceptors (Lipinski definition) is 4. The monoisotopic (exact) mass is 286 g/mol. The van der Waals surface area contributed by atoms with E-state index in [-0.39, 0.29) is 0 Å². The Labute approximate surface area is 125 Å². The Morgan fingerprint density at radius 2 is 2.33 bits per heavy atom. The van der Waals surface area contributed by atoms with Crippen LogP contribution in [-0.2, 0) is 24.9 Å². The molecule has 5 nitrogen and oxygen atoms in total. The van der Waals surface area contributed by atoms with Crippen molar-refractivity contribution >= 4 is 0 Å². The highest BCUT2D eigenvalue weighted by Crippen LogP contribution is 2.28. The number of ether oxygens (including phenoxy) is 1. The second-order valence-electron chi connectivity index (χ2n) is 5.60. The molecule has 0 aliphatic carbocycles. The van der Waals surface area contributed by atoms with Crippen LogP contribution in [0.2, 0.25) is 0 Å². The van der Waals surface area contributed by atoms with Crippen molar-refractivity contribution in [2.75, 3.05) is 19.8 Å². The van der Waals surface area contributed by atoms with Gasteiger partial charge < -0.3 is 4.74 Å². The summed E-state index contributed by atoms with van der Waals surface area (Å²) in [6, 6.07) is 4.12. The van der Waals surface area contributed by atoms with Crippen LogP contribution in [0, 0.1) is 0 Å². The summed E-state index contributed by atoms with van der Waals surface area (Å²) >= 11 is 0. The van der Waals surface area contributed by atoms with E-state index in [9.17, 15) is 0 Å². The average Bonchev–Trinajstić information content (AvgIpc) is 2.86. The quantitative estimate of drug-likeness (QED) is 0.842. The van der Waals surface area contributed by atoms with Crippen molar-refractivity contribution in [2.24, 2.45) is 7.05 Å². The maximum absolute atomic E-state index is 5.65. The van der Waals surface area contributed by atoms with E-state index in [1.54, 1.807) is 0 Å². The first-order valence-corrected chi connectivity index (χ1v) is 7.47. The van der Waals surface area contributed by atoms with Gasteiger partial charge in [0.25, 0.3) is 0 Å². The molecule has 0 N–H and O–H groups in total. The molecule has 3 heterocycles. The van der Waals surface area contributed by atoms with Crippen molar-refractivity contribution in [3.63, 3.8) is 0 Å². The van der Waals surface area contributed by atoms with Gasteiger partial charge in [-0.3, -0.25) is 14.6 Å². The Kier molecular flexibility index (Phi) is 4.31. The molecule has 0 saturated carbocycles. The Morgan fingerprint density at radius 3 is 3.10 bits per heavy atom. The van der Waals surface area contributed by atoms with Crippen LogP contribution in [0.4, 0.5) is 0 Å². The number of pyridine rings is 1. The molecule has 0 bridgehead atoms. The van der Waals surface area contributed by atoms with Gasteiger partial charge in [0.15, 0.2) is 0 Å². The van der Waals surface area contributed by atoms with Crippen molar-refractivity contribution in [1.82, 2.24) is 19.7 Å². The number of aromatic nitrogens is 3. The molecule has 0 aromatic carbocycles. The van der Waals surface area contributed by atoms with E-state index in [1.807, 2.05) is 37.1 Å². The molecule has 3 rings (SSSR count). The van der Waals surface area contributed by atoms with Gasteiger partial charge >= 0.3 is 0 Å². The molecule has 5 heteroatoms. The van der Waals surface area contributed by atoms with Crippen molar-refractivity contribution < 1.29 is 4.74 Å². The fraction of sp³-hybridized carbons (Fsp3) is 0.500. The first kappa shape index (κ1) is 14.2. The van der Waals surface area contributed by atoms with E-state index in [1.165, 1.54) is 16.8 Å². The molecule has 1 aliphatic heterocycles. The third-order valence-corrected chi connectivity index (χ3v) is 3.85. The molecule has 1 unspecified atom stereocenters. The number of aryl methyl sites for hydroxylation is 1. The highest BCUT2D eigenvalue weighted by molar-refractivity contribution is 5.25. The van der Waals surface area contributed by atoms with Gasteiger partial charge in [-0.05, 0) is 18.6 Å². The zero-order valence-electron chi connectivity index (χ0n) is 12.7. The molecule has 1 atom stereocenters. The van der Waals surface area contributed by atoms with Gasteiger partial charge in [-0.2, -0.15) is 5.10 Å². The minimum absolute atomic E-state index is 0.353. The summed E-state index contributed by atoms with van der Waals surface area (Å²) in [6.07, 6.45) is 5.89. The summed E-state index contributed by atoms with van der Waals surface area (Å²) in [5.41, 5.74) is 3.77. The van der Waals surface area contributed by atoms with Crippen LogP contribution in [0.1, 0.15) is 29.7 Å². The summed E-state index contributed by atoms with van der Waals surface area (Å²) in [4.78, 5) is 6.65. The number of fused-ring (bicyclic) bond motifs is 1. The average molecular weight is 286 g/mol. The molecule has 0 fully saturated rings. The lowest BCUT2D eigenvalue weighted by Crippen LogP contribution is -2.34. The van der Waals surface area contributed by atoms with Crippen LogP contribution in [0.15, 0.2) is 30.7 Å². The van der Waals surface area contributed by atoms with E-state index < -0.39 is 0 Å². The van der Waals surface area contributed by atoms with E-state index in [4.69, 9.17) is 4.74 Å². The zero-order chi connectivity index (χ0) is 14.7. The maximum atomic E-state index is 5.65. The van der Waals surface area contributed by atoms with Gasteiger partial charge in [0.1, 0.15) is 0 Å². The smallest absolute Gasteiger partial charge is 0.0736 e. The third kappa shape index (κ3) is 3.31. The molecule has 21 heavy (non-hydrogen) atoms. The maximum Gasteiger partial charge on any atom is 0.0736 e. The molecule has 0 amide bonds. The zero-order valence-corrected chi connectivity index (χ0v) is 12.7. The summed E-state index contributed by atoms with van der Waals surface area (Å²) in [5, 5.41) is 4.62. The lowest BCUT2D eigenvalue weighted by Gasteiger charge is -2.31. The minimum Gasteiger partial charge on any atom is -0.381 e. The van der Waals surface area contributed by atoms with Gasteiger partial charge in [-0.1, -0.05) is 6.07 Å². The molecule has 0 saturated heterocycles. The standard InChI is InChI=1S/C16H22N4O/c1-3-21-12-15-11-20(8-13-5-4-6-17-7-13)10-14-9-19(2)18-16(14)15/h4-7,9,15H,3,8,10-12H2,1-2H3. The summed E-state index contributed by atoms with van der Waals surface area (Å²) in [5.74, 6) is 0.353. The van der Waals surface area contributed by atoms with Gasteiger partial charge in [-0.15, -0.1) is 0 Å². The topological polar surface area (TPSA) is 43.2 Å². The van der Waals surface area contributed by atoms with Gasteiger partial charge in [0.2, 0.25) is 0 Å². The Bertz CT molecular complexity index is 581. The molecular weight excluding hydrogens is 264 g/mol. The first-order chi connectivity index (χ1) is 10.3. The second kappa shape index (κ2) is 6.37. The Balaban J connectivity index is 1.76. The highest BCUT2D eigenvalue weighted by atomic mass is 16.5. The van der Waals surface area contributed by atoms with Crippen LogP contribution in [0.5, 0.6) is 0 Å². The summed E-state index contributed by atoms with van der Waals surface area (Å²) < 4.78 is 7.56. The van der Waals surface area contributed by atoms with Crippen LogP contribution >= 0.6 is 0 Å². The Morgan fingerprint density at radius 1 is 1.43 bits per heavy atom. The molecule has 2 aromatic heterocycles. The van der Waals surface area contributed by atoms with Gasteiger partial charge in [0.05, 0.1) is 12.3 Å². The van der Waals surface area contributed by atoms with Crippen molar-refractivity contribution in [2.45, 2.75) is 25.9 Å². The van der Waals surface area contributed by atoms with Crippen molar-refractivity contribution in [3.8, 4) is 0 Å². The number of rotatable bonds is 5. The fourth-order valence-corrected chi connectivity index (χ4v) is 2.99. The van der Waals surface area contributed by atoms with E-state index >= 15 is 0 Å². The van der Waals surface area contributed by atoms with Crippen molar-refractivity contribution in [1.29, 1.82) is 0 Å². The summed E-state index contributed by atoms with van der Waals surface area (Å²) in [6.45, 7) is 6.38. The van der Waals surface area contributed by atoms with Crippen LogP contribution in [0.25, 0.3) is 0 Å². The van der Waals surface area contributed by atoms with E-state index in [0.717, 1.165) is 32.8 Å². The molecule has 0 spiro atoms. The van der Waals surface area contributed by atoms with Crippen molar-refractivity contribution in [3.05, 3.63) is 47.5 Å². The molecule has 112 valence electrons. The van der Waals surface area contributed by atoms with Crippen LogP contribution in [0.3, 0.4) is 0 Å².